The number of aromatic nitrogens is 1. The van der Waals surface area contributed by atoms with Gasteiger partial charge in [-0.1, -0.05) is 0 Å². The van der Waals surface area contributed by atoms with Gasteiger partial charge >= 0.3 is 12.2 Å². The molecule has 3 heterocycles. The molecule has 1 spiro atoms. The van der Waals surface area contributed by atoms with Crippen molar-refractivity contribution in [1.82, 2.24) is 15.2 Å². The minimum atomic E-state index is -4.76. The van der Waals surface area contributed by atoms with E-state index in [-0.39, 0.29) is 30.6 Å². The number of carbonyl (C=O) groups excluding carboxylic acids is 2. The van der Waals surface area contributed by atoms with E-state index in [9.17, 15) is 31.5 Å². The van der Waals surface area contributed by atoms with Crippen molar-refractivity contribution >= 4 is 17.6 Å². The molecule has 0 bridgehead atoms. The molecule has 2 aromatic rings. The largest absolute Gasteiger partial charge is 0.433 e. The highest BCUT2D eigenvalue weighted by atomic mass is 19.4. The van der Waals surface area contributed by atoms with Crippen molar-refractivity contribution < 1.29 is 31.5 Å². The SMILES string of the molecule is O=C1N(c2ccnc(C(F)(F)F)c2)C(=O)C2(CCNCC2)N1Cc1cc(F)cc(F)c1. The fourth-order valence-corrected chi connectivity index (χ4v) is 4.08. The summed E-state index contributed by atoms with van der Waals surface area (Å²) in [6.45, 7) is 0.517. The first kappa shape index (κ1) is 21.2. The van der Waals surface area contributed by atoms with Crippen molar-refractivity contribution in [2.45, 2.75) is 31.1 Å². The van der Waals surface area contributed by atoms with Gasteiger partial charge < -0.3 is 10.2 Å². The first-order valence-electron chi connectivity index (χ1n) is 9.47. The predicted molar refractivity (Wildman–Crippen MR) is 98.9 cm³/mol. The van der Waals surface area contributed by atoms with Gasteiger partial charge in [0.1, 0.15) is 22.9 Å². The number of hydrogen-bond donors (Lipinski definition) is 1. The molecule has 6 nitrogen and oxygen atoms in total. The summed E-state index contributed by atoms with van der Waals surface area (Å²) in [6.07, 6.45) is -3.46. The van der Waals surface area contributed by atoms with Gasteiger partial charge in [0, 0.05) is 18.8 Å². The van der Waals surface area contributed by atoms with Crippen LogP contribution in [-0.2, 0) is 17.5 Å². The molecule has 2 fully saturated rings. The summed E-state index contributed by atoms with van der Waals surface area (Å²) < 4.78 is 66.6. The molecule has 0 unspecified atom stereocenters. The van der Waals surface area contributed by atoms with Crippen LogP contribution >= 0.6 is 0 Å². The molecule has 1 aromatic carbocycles. The Bertz CT molecular complexity index is 1020. The third-order valence-electron chi connectivity index (χ3n) is 5.53. The van der Waals surface area contributed by atoms with E-state index < -0.39 is 41.0 Å². The average molecular weight is 440 g/mol. The van der Waals surface area contributed by atoms with Crippen molar-refractivity contribution in [3.05, 3.63) is 59.4 Å². The van der Waals surface area contributed by atoms with Gasteiger partial charge in [0.2, 0.25) is 0 Å². The van der Waals surface area contributed by atoms with Gasteiger partial charge in [0.05, 0.1) is 5.69 Å². The minimum absolute atomic E-state index is 0.129. The number of halogens is 5. The lowest BCUT2D eigenvalue weighted by Crippen LogP contribution is -2.55. The van der Waals surface area contributed by atoms with Gasteiger partial charge in [-0.25, -0.2) is 18.5 Å². The van der Waals surface area contributed by atoms with Gasteiger partial charge in [-0.05, 0) is 55.8 Å². The fraction of sp³-hybridized carbons (Fsp3) is 0.350. The summed E-state index contributed by atoms with van der Waals surface area (Å²) in [7, 11) is 0. The molecule has 0 aliphatic carbocycles. The maximum atomic E-state index is 13.7. The van der Waals surface area contributed by atoms with Crippen LogP contribution in [0.4, 0.5) is 32.4 Å². The first-order chi connectivity index (χ1) is 14.6. The van der Waals surface area contributed by atoms with Crippen LogP contribution in [0.15, 0.2) is 36.5 Å². The summed E-state index contributed by atoms with van der Waals surface area (Å²) in [6, 6.07) is 3.71. The number of carbonyl (C=O) groups is 2. The third-order valence-corrected chi connectivity index (χ3v) is 5.53. The summed E-state index contributed by atoms with van der Waals surface area (Å²) in [5.41, 5.74) is -2.70. The van der Waals surface area contributed by atoms with E-state index in [0.29, 0.717) is 30.1 Å². The Morgan fingerprint density at radius 3 is 2.29 bits per heavy atom. The van der Waals surface area contributed by atoms with E-state index in [1.807, 2.05) is 0 Å². The van der Waals surface area contributed by atoms with Gasteiger partial charge in [0.15, 0.2) is 0 Å². The Balaban J connectivity index is 1.76. The minimum Gasteiger partial charge on any atom is -0.317 e. The van der Waals surface area contributed by atoms with E-state index in [1.54, 1.807) is 0 Å². The van der Waals surface area contributed by atoms with Crippen LogP contribution in [-0.4, -0.2) is 40.5 Å². The zero-order chi connectivity index (χ0) is 22.4. The van der Waals surface area contributed by atoms with E-state index >= 15 is 0 Å². The number of piperidine rings is 1. The van der Waals surface area contributed by atoms with E-state index in [0.717, 1.165) is 24.4 Å². The van der Waals surface area contributed by atoms with Crippen LogP contribution in [0, 0.1) is 11.6 Å². The molecule has 1 aromatic heterocycles. The van der Waals surface area contributed by atoms with Crippen molar-refractivity contribution in [1.29, 1.82) is 0 Å². The molecule has 11 heteroatoms. The van der Waals surface area contributed by atoms with Gasteiger partial charge in [-0.3, -0.25) is 9.78 Å². The van der Waals surface area contributed by atoms with Gasteiger partial charge in [-0.2, -0.15) is 13.2 Å². The quantitative estimate of drug-likeness (QED) is 0.587. The number of imide groups is 1. The Kier molecular flexibility index (Phi) is 5.16. The lowest BCUT2D eigenvalue weighted by atomic mass is 9.86. The molecule has 164 valence electrons. The average Bonchev–Trinajstić information content (AvgIpc) is 2.89. The maximum absolute atomic E-state index is 13.7. The molecular formula is C20H17F5N4O2. The third kappa shape index (κ3) is 3.73. The number of nitrogens with one attached hydrogen (secondary N) is 1. The molecule has 0 atom stereocenters. The van der Waals surface area contributed by atoms with Crippen LogP contribution in [0.5, 0.6) is 0 Å². The van der Waals surface area contributed by atoms with Crippen LogP contribution in [0.3, 0.4) is 0 Å². The number of urea groups is 1. The van der Waals surface area contributed by atoms with Gasteiger partial charge in [-0.15, -0.1) is 0 Å². The molecule has 1 N–H and O–H groups in total. The molecule has 0 saturated carbocycles. The van der Waals surface area contributed by atoms with Crippen molar-refractivity contribution in [3.63, 3.8) is 0 Å². The highest BCUT2D eigenvalue weighted by Crippen LogP contribution is 2.40. The Morgan fingerprint density at radius 1 is 1.03 bits per heavy atom. The molecule has 2 aliphatic rings. The highest BCUT2D eigenvalue weighted by Gasteiger charge is 2.57. The molecule has 0 radical (unpaired) electrons. The molecule has 3 amide bonds. The standard InChI is InChI=1S/C20H17F5N4O2/c21-13-7-12(8-14(22)9-13)11-28-18(31)29(17(30)19(28)2-5-26-6-3-19)15-1-4-27-16(10-15)20(23,24)25/h1,4,7-10,26H,2-3,5-6,11H2. The molecule has 4 rings (SSSR count). The van der Waals surface area contributed by atoms with E-state index in [1.165, 1.54) is 4.90 Å². The van der Waals surface area contributed by atoms with E-state index in [4.69, 9.17) is 0 Å². The van der Waals surface area contributed by atoms with Crippen LogP contribution in [0.25, 0.3) is 0 Å². The lowest BCUT2D eigenvalue weighted by molar-refractivity contribution is -0.141. The zero-order valence-electron chi connectivity index (χ0n) is 16.0. The monoisotopic (exact) mass is 440 g/mol. The topological polar surface area (TPSA) is 65.5 Å². The summed E-state index contributed by atoms with van der Waals surface area (Å²) >= 11 is 0. The van der Waals surface area contributed by atoms with Crippen molar-refractivity contribution in [2.75, 3.05) is 18.0 Å². The summed E-state index contributed by atoms with van der Waals surface area (Å²) in [5, 5.41) is 3.07. The van der Waals surface area contributed by atoms with Gasteiger partial charge in [0.25, 0.3) is 5.91 Å². The smallest absolute Gasteiger partial charge is 0.317 e. The summed E-state index contributed by atoms with van der Waals surface area (Å²) in [4.78, 5) is 31.8. The predicted octanol–water partition coefficient (Wildman–Crippen LogP) is 3.47. The van der Waals surface area contributed by atoms with Crippen molar-refractivity contribution in [3.8, 4) is 0 Å². The second-order valence-corrected chi connectivity index (χ2v) is 7.47. The Labute approximate surface area is 173 Å². The molecular weight excluding hydrogens is 423 g/mol. The fourth-order valence-electron chi connectivity index (χ4n) is 4.08. The van der Waals surface area contributed by atoms with Crippen LogP contribution < -0.4 is 10.2 Å². The second-order valence-electron chi connectivity index (χ2n) is 7.47. The summed E-state index contributed by atoms with van der Waals surface area (Å²) in [5.74, 6) is -2.35. The highest BCUT2D eigenvalue weighted by molar-refractivity contribution is 6.23. The lowest BCUT2D eigenvalue weighted by Gasteiger charge is -2.38. The zero-order valence-corrected chi connectivity index (χ0v) is 16.0. The number of alkyl halides is 3. The number of hydrogen-bond acceptors (Lipinski definition) is 4. The number of pyridine rings is 1. The molecule has 2 aliphatic heterocycles. The number of anilines is 1. The normalized spacial score (nSPS) is 18.9. The number of amides is 3. The Morgan fingerprint density at radius 2 is 1.68 bits per heavy atom. The molecule has 2 saturated heterocycles. The first-order valence-corrected chi connectivity index (χ1v) is 9.47. The second kappa shape index (κ2) is 7.56. The van der Waals surface area contributed by atoms with E-state index in [2.05, 4.69) is 10.3 Å². The van der Waals surface area contributed by atoms with Crippen molar-refractivity contribution in [2.24, 2.45) is 0 Å². The molecule has 31 heavy (non-hydrogen) atoms. The maximum Gasteiger partial charge on any atom is 0.433 e. The number of benzene rings is 1. The Hall–Kier alpha value is -3.08. The van der Waals surface area contributed by atoms with Crippen LogP contribution in [0.1, 0.15) is 24.1 Å². The number of nitrogens with zero attached hydrogens (tertiary/aromatic N) is 3. The number of rotatable bonds is 3. The van der Waals surface area contributed by atoms with Crippen LogP contribution in [0.2, 0.25) is 0 Å².